The summed E-state index contributed by atoms with van der Waals surface area (Å²) >= 11 is 7.23. The molecule has 2 amide bonds. The number of rotatable bonds is 7. The van der Waals surface area contributed by atoms with Gasteiger partial charge in [0.2, 0.25) is 11.8 Å². The molecule has 0 bridgehead atoms. The summed E-state index contributed by atoms with van der Waals surface area (Å²) in [6.07, 6.45) is 0.560. The van der Waals surface area contributed by atoms with Gasteiger partial charge in [-0.05, 0) is 72.6 Å². The van der Waals surface area contributed by atoms with E-state index in [4.69, 9.17) is 16.3 Å². The SMILES string of the molecule is COc1ccc(NC(=O)[C@H]2CC(=O)N(CCc3ccc(F)cc3)C(=Nc3ccc(Cl)cc3)S2)cc1. The third-order valence-electron chi connectivity index (χ3n) is 5.38. The maximum absolute atomic E-state index is 13.2. The molecule has 1 atom stereocenters. The van der Waals surface area contributed by atoms with Gasteiger partial charge in [-0.1, -0.05) is 35.5 Å². The van der Waals surface area contributed by atoms with Gasteiger partial charge < -0.3 is 10.1 Å². The molecule has 3 aromatic rings. The van der Waals surface area contributed by atoms with E-state index in [9.17, 15) is 14.0 Å². The van der Waals surface area contributed by atoms with Crippen molar-refractivity contribution in [3.63, 3.8) is 0 Å². The average molecular weight is 512 g/mol. The molecule has 9 heteroatoms. The lowest BCUT2D eigenvalue weighted by atomic mass is 10.1. The number of benzene rings is 3. The number of nitrogens with one attached hydrogen (secondary N) is 1. The van der Waals surface area contributed by atoms with Crippen LogP contribution in [0.4, 0.5) is 15.8 Å². The van der Waals surface area contributed by atoms with Gasteiger partial charge >= 0.3 is 0 Å². The van der Waals surface area contributed by atoms with Gasteiger partial charge in [0.25, 0.3) is 0 Å². The first-order chi connectivity index (χ1) is 16.9. The standard InChI is InChI=1S/C26H23ClFN3O3S/c1-34-22-12-10-20(11-13-22)29-25(33)23-16-24(32)31(15-14-17-2-6-19(28)7-3-17)26(35-23)30-21-8-4-18(27)5-9-21/h2-13,23H,14-16H2,1H3,(H,29,33)/t23-/m1/s1. The molecular formula is C26H23ClFN3O3S. The summed E-state index contributed by atoms with van der Waals surface area (Å²) in [5.74, 6) is -0.113. The average Bonchev–Trinajstić information content (AvgIpc) is 2.86. The Bertz CT molecular complexity index is 1220. The number of halogens is 2. The fourth-order valence-electron chi connectivity index (χ4n) is 3.48. The molecule has 1 saturated heterocycles. The number of amidine groups is 1. The van der Waals surface area contributed by atoms with Crippen molar-refractivity contribution < 1.29 is 18.7 Å². The van der Waals surface area contributed by atoms with E-state index in [1.807, 2.05) is 0 Å². The van der Waals surface area contributed by atoms with Gasteiger partial charge in [0.1, 0.15) is 16.8 Å². The zero-order valence-electron chi connectivity index (χ0n) is 18.9. The fourth-order valence-corrected chi connectivity index (χ4v) is 4.73. The summed E-state index contributed by atoms with van der Waals surface area (Å²) in [5.41, 5.74) is 2.13. The highest BCUT2D eigenvalue weighted by Crippen LogP contribution is 2.30. The molecule has 1 N–H and O–H groups in total. The fraction of sp³-hybridized carbons (Fsp3) is 0.192. The second-order valence-corrected chi connectivity index (χ2v) is 9.43. The summed E-state index contributed by atoms with van der Waals surface area (Å²) < 4.78 is 18.4. The highest BCUT2D eigenvalue weighted by molar-refractivity contribution is 8.15. The second-order valence-electron chi connectivity index (χ2n) is 7.82. The second kappa shape index (κ2) is 11.4. The molecule has 180 valence electrons. The molecule has 3 aromatic carbocycles. The quantitative estimate of drug-likeness (QED) is 0.442. The summed E-state index contributed by atoms with van der Waals surface area (Å²) in [7, 11) is 1.57. The molecule has 1 heterocycles. The van der Waals surface area contributed by atoms with E-state index < -0.39 is 5.25 Å². The van der Waals surface area contributed by atoms with E-state index in [0.29, 0.717) is 40.3 Å². The number of anilines is 1. The summed E-state index contributed by atoms with van der Waals surface area (Å²) in [4.78, 5) is 32.3. The predicted octanol–water partition coefficient (Wildman–Crippen LogP) is 5.69. The Morgan fingerprint density at radius 3 is 2.46 bits per heavy atom. The zero-order chi connectivity index (χ0) is 24.8. The molecule has 0 radical (unpaired) electrons. The van der Waals surface area contributed by atoms with Gasteiger partial charge in [0.05, 0.1) is 12.8 Å². The van der Waals surface area contributed by atoms with Crippen molar-refractivity contribution in [3.8, 4) is 5.75 Å². The Kier molecular flexibility index (Phi) is 8.05. The molecule has 0 saturated carbocycles. The van der Waals surface area contributed by atoms with Crippen molar-refractivity contribution in [2.24, 2.45) is 4.99 Å². The van der Waals surface area contributed by atoms with Gasteiger partial charge in [-0.2, -0.15) is 0 Å². The van der Waals surface area contributed by atoms with Crippen LogP contribution in [0.2, 0.25) is 5.02 Å². The van der Waals surface area contributed by atoms with Crippen LogP contribution >= 0.6 is 23.4 Å². The monoisotopic (exact) mass is 511 g/mol. The number of hydrogen-bond acceptors (Lipinski definition) is 5. The Labute approximate surface area is 212 Å². The summed E-state index contributed by atoms with van der Waals surface area (Å²) in [5, 5.41) is 3.22. The van der Waals surface area contributed by atoms with E-state index in [-0.39, 0.29) is 24.1 Å². The molecule has 0 spiro atoms. The largest absolute Gasteiger partial charge is 0.497 e. The van der Waals surface area contributed by atoms with Gasteiger partial charge in [0, 0.05) is 23.7 Å². The van der Waals surface area contributed by atoms with Gasteiger partial charge in [-0.25, -0.2) is 9.38 Å². The van der Waals surface area contributed by atoms with Crippen LogP contribution in [-0.2, 0) is 16.0 Å². The molecule has 1 aliphatic rings. The van der Waals surface area contributed by atoms with Crippen molar-refractivity contribution >= 4 is 51.7 Å². The third kappa shape index (κ3) is 6.61. The highest BCUT2D eigenvalue weighted by Gasteiger charge is 2.35. The number of hydrogen-bond donors (Lipinski definition) is 1. The Morgan fingerprint density at radius 1 is 1.11 bits per heavy atom. The van der Waals surface area contributed by atoms with Crippen molar-refractivity contribution in [1.82, 2.24) is 4.90 Å². The van der Waals surface area contributed by atoms with Crippen molar-refractivity contribution in [3.05, 3.63) is 89.2 Å². The minimum absolute atomic E-state index is 0.0374. The number of methoxy groups -OCH3 is 1. The minimum Gasteiger partial charge on any atom is -0.497 e. The van der Waals surface area contributed by atoms with Crippen molar-refractivity contribution in [1.29, 1.82) is 0 Å². The van der Waals surface area contributed by atoms with Crippen LogP contribution in [0.5, 0.6) is 5.75 Å². The Hall–Kier alpha value is -3.36. The van der Waals surface area contributed by atoms with Crippen LogP contribution in [0.25, 0.3) is 0 Å². The maximum Gasteiger partial charge on any atom is 0.238 e. The minimum atomic E-state index is -0.641. The molecule has 4 rings (SSSR count). The van der Waals surface area contributed by atoms with Crippen LogP contribution in [0.3, 0.4) is 0 Å². The van der Waals surface area contributed by atoms with Crippen molar-refractivity contribution in [2.45, 2.75) is 18.1 Å². The van der Waals surface area contributed by atoms with E-state index in [1.165, 1.54) is 23.9 Å². The van der Waals surface area contributed by atoms with E-state index in [1.54, 1.807) is 72.7 Å². The summed E-state index contributed by atoms with van der Waals surface area (Å²) in [6.45, 7) is 0.358. The number of amides is 2. The number of nitrogens with zero attached hydrogens (tertiary/aromatic N) is 2. The third-order valence-corrected chi connectivity index (χ3v) is 6.82. The van der Waals surface area contributed by atoms with Gasteiger partial charge in [-0.15, -0.1) is 0 Å². The Morgan fingerprint density at radius 2 is 1.80 bits per heavy atom. The molecular weight excluding hydrogens is 489 g/mol. The van der Waals surface area contributed by atoms with Crippen LogP contribution in [-0.4, -0.2) is 40.8 Å². The van der Waals surface area contributed by atoms with E-state index in [0.717, 1.165) is 5.56 Å². The van der Waals surface area contributed by atoms with E-state index in [2.05, 4.69) is 10.3 Å². The number of carbonyl (C=O) groups excluding carboxylic acids is 2. The topological polar surface area (TPSA) is 71.0 Å². The van der Waals surface area contributed by atoms with Crippen molar-refractivity contribution in [2.75, 3.05) is 19.0 Å². The lowest BCUT2D eigenvalue weighted by Gasteiger charge is -2.32. The highest BCUT2D eigenvalue weighted by atomic mass is 35.5. The molecule has 0 aromatic heterocycles. The molecule has 6 nitrogen and oxygen atoms in total. The molecule has 1 aliphatic heterocycles. The molecule has 1 fully saturated rings. The molecule has 35 heavy (non-hydrogen) atoms. The lowest BCUT2D eigenvalue weighted by molar-refractivity contribution is -0.129. The zero-order valence-corrected chi connectivity index (χ0v) is 20.5. The Balaban J connectivity index is 1.53. The van der Waals surface area contributed by atoms with E-state index >= 15 is 0 Å². The first kappa shape index (κ1) is 24.8. The smallest absolute Gasteiger partial charge is 0.238 e. The first-order valence-corrected chi connectivity index (χ1v) is 12.2. The lowest BCUT2D eigenvalue weighted by Crippen LogP contribution is -2.46. The number of thioether (sulfide) groups is 1. The normalized spacial score (nSPS) is 16.9. The molecule has 0 unspecified atom stereocenters. The van der Waals surface area contributed by atoms with Gasteiger partial charge in [-0.3, -0.25) is 14.5 Å². The number of carbonyl (C=O) groups is 2. The van der Waals surface area contributed by atoms with Crippen LogP contribution in [0.1, 0.15) is 12.0 Å². The van der Waals surface area contributed by atoms with Gasteiger partial charge in [0.15, 0.2) is 5.17 Å². The number of aliphatic imine (C=N–C) groups is 1. The van der Waals surface area contributed by atoms with Crippen LogP contribution in [0.15, 0.2) is 77.8 Å². The van der Waals surface area contributed by atoms with Crippen LogP contribution < -0.4 is 10.1 Å². The first-order valence-electron chi connectivity index (χ1n) is 10.9. The predicted molar refractivity (Wildman–Crippen MR) is 138 cm³/mol. The summed E-state index contributed by atoms with van der Waals surface area (Å²) in [6, 6.07) is 20.1. The maximum atomic E-state index is 13.2. The molecule has 0 aliphatic carbocycles. The number of ether oxygens (including phenoxy) is 1. The van der Waals surface area contributed by atoms with Crippen LogP contribution in [0, 0.1) is 5.82 Å².